The van der Waals surface area contributed by atoms with E-state index in [9.17, 15) is 9.90 Å². The maximum absolute atomic E-state index is 11.2. The van der Waals surface area contributed by atoms with Gasteiger partial charge in [-0.3, -0.25) is 0 Å². The lowest BCUT2D eigenvalue weighted by atomic mass is 9.95. The van der Waals surface area contributed by atoms with Crippen molar-refractivity contribution in [1.29, 1.82) is 0 Å². The second kappa shape index (κ2) is 6.43. The van der Waals surface area contributed by atoms with E-state index < -0.39 is 5.97 Å². The Bertz CT molecular complexity index is 411. The zero-order chi connectivity index (χ0) is 13.7. The van der Waals surface area contributed by atoms with Crippen LogP contribution in [0.3, 0.4) is 0 Å². The van der Waals surface area contributed by atoms with Crippen molar-refractivity contribution in [3.63, 3.8) is 0 Å². The number of anilines is 1. The van der Waals surface area contributed by atoms with Gasteiger partial charge in [0, 0.05) is 11.7 Å². The molecule has 0 aliphatic carbocycles. The van der Waals surface area contributed by atoms with Gasteiger partial charge in [-0.1, -0.05) is 38.3 Å². The fraction of sp³-hybridized carbons (Fsp3) is 0.533. The standard InChI is InChI=1S/C15H23NO2/c1-5-12(6-2)11(4)16-14-8-7-10(3)9-13(14)15(17)18/h7-9,11-12,16H,5-6H2,1-4H3,(H,17,18). The Morgan fingerprint density at radius 2 is 1.94 bits per heavy atom. The van der Waals surface area contributed by atoms with Crippen molar-refractivity contribution in [3.05, 3.63) is 29.3 Å². The second-order valence-electron chi connectivity index (χ2n) is 4.86. The van der Waals surface area contributed by atoms with Crippen LogP contribution in [0.25, 0.3) is 0 Å². The first-order chi connectivity index (χ1) is 8.49. The number of hydrogen-bond acceptors (Lipinski definition) is 2. The van der Waals surface area contributed by atoms with Crippen molar-refractivity contribution in [2.75, 3.05) is 5.32 Å². The molecule has 1 aromatic rings. The normalized spacial score (nSPS) is 12.5. The number of nitrogens with one attached hydrogen (secondary N) is 1. The molecular weight excluding hydrogens is 226 g/mol. The van der Waals surface area contributed by atoms with Crippen molar-refractivity contribution in [1.82, 2.24) is 0 Å². The Morgan fingerprint density at radius 1 is 1.33 bits per heavy atom. The van der Waals surface area contributed by atoms with Gasteiger partial charge in [0.25, 0.3) is 0 Å². The van der Waals surface area contributed by atoms with E-state index in [0.29, 0.717) is 17.2 Å². The smallest absolute Gasteiger partial charge is 0.337 e. The highest BCUT2D eigenvalue weighted by Crippen LogP contribution is 2.22. The molecular formula is C15H23NO2. The largest absolute Gasteiger partial charge is 0.478 e. The fourth-order valence-corrected chi connectivity index (χ4v) is 2.32. The van der Waals surface area contributed by atoms with Gasteiger partial charge in [0.2, 0.25) is 0 Å². The molecule has 0 aromatic heterocycles. The predicted octanol–water partition coefficient (Wildman–Crippen LogP) is 3.93. The third kappa shape index (κ3) is 3.49. The third-order valence-electron chi connectivity index (χ3n) is 3.54. The van der Waals surface area contributed by atoms with E-state index in [1.165, 1.54) is 0 Å². The number of aromatic carboxylic acids is 1. The second-order valence-corrected chi connectivity index (χ2v) is 4.86. The molecule has 0 bridgehead atoms. The van der Waals surface area contributed by atoms with Crippen molar-refractivity contribution in [3.8, 4) is 0 Å². The van der Waals surface area contributed by atoms with Crippen molar-refractivity contribution in [2.45, 2.75) is 46.6 Å². The highest BCUT2D eigenvalue weighted by atomic mass is 16.4. The number of hydrogen-bond donors (Lipinski definition) is 2. The van der Waals surface area contributed by atoms with Gasteiger partial charge in [0.15, 0.2) is 0 Å². The summed E-state index contributed by atoms with van der Waals surface area (Å²) in [6.45, 7) is 8.35. The quantitative estimate of drug-likeness (QED) is 0.803. The van der Waals surface area contributed by atoms with Crippen molar-refractivity contribution < 1.29 is 9.90 Å². The summed E-state index contributed by atoms with van der Waals surface area (Å²) in [6.07, 6.45) is 2.19. The van der Waals surface area contributed by atoms with Crippen molar-refractivity contribution in [2.24, 2.45) is 5.92 Å². The molecule has 1 unspecified atom stereocenters. The molecule has 0 radical (unpaired) electrons. The Kier molecular flexibility index (Phi) is 5.20. The van der Waals surface area contributed by atoms with Gasteiger partial charge in [-0.05, 0) is 31.9 Å². The van der Waals surface area contributed by atoms with Crippen molar-refractivity contribution >= 4 is 11.7 Å². The summed E-state index contributed by atoms with van der Waals surface area (Å²) < 4.78 is 0. The lowest BCUT2D eigenvalue weighted by Gasteiger charge is -2.24. The first-order valence-electron chi connectivity index (χ1n) is 6.60. The van der Waals surface area contributed by atoms with E-state index in [0.717, 1.165) is 18.4 Å². The summed E-state index contributed by atoms with van der Waals surface area (Å²) in [4.78, 5) is 11.2. The van der Waals surface area contributed by atoms with E-state index in [4.69, 9.17) is 0 Å². The number of rotatable bonds is 6. The summed E-state index contributed by atoms with van der Waals surface area (Å²) >= 11 is 0. The Balaban J connectivity index is 2.93. The third-order valence-corrected chi connectivity index (χ3v) is 3.54. The number of benzene rings is 1. The van der Waals surface area contributed by atoms with Crippen LogP contribution in [0.2, 0.25) is 0 Å². The van der Waals surface area contributed by atoms with E-state index in [1.807, 2.05) is 19.1 Å². The van der Waals surface area contributed by atoms with Crippen LogP contribution in [0.5, 0.6) is 0 Å². The van der Waals surface area contributed by atoms with Gasteiger partial charge in [0.05, 0.1) is 5.56 Å². The molecule has 100 valence electrons. The lowest BCUT2D eigenvalue weighted by molar-refractivity contribution is 0.0697. The molecule has 18 heavy (non-hydrogen) atoms. The van der Waals surface area contributed by atoms with Gasteiger partial charge in [-0.15, -0.1) is 0 Å². The molecule has 1 atom stereocenters. The first kappa shape index (κ1) is 14.6. The molecule has 0 fully saturated rings. The Labute approximate surface area is 109 Å². The zero-order valence-electron chi connectivity index (χ0n) is 11.7. The monoisotopic (exact) mass is 249 g/mol. The maximum atomic E-state index is 11.2. The molecule has 0 aliphatic rings. The average molecular weight is 249 g/mol. The van der Waals surface area contributed by atoms with Crippen LogP contribution in [-0.4, -0.2) is 17.1 Å². The summed E-state index contributed by atoms with van der Waals surface area (Å²) in [7, 11) is 0. The van der Waals surface area contributed by atoms with Crippen LogP contribution in [0.1, 0.15) is 49.5 Å². The van der Waals surface area contributed by atoms with E-state index in [1.54, 1.807) is 6.07 Å². The Hall–Kier alpha value is -1.51. The average Bonchev–Trinajstić information content (AvgIpc) is 2.32. The molecule has 1 rings (SSSR count). The summed E-state index contributed by atoms with van der Waals surface area (Å²) in [5.41, 5.74) is 2.04. The number of aryl methyl sites for hydroxylation is 1. The van der Waals surface area contributed by atoms with Gasteiger partial charge >= 0.3 is 5.97 Å². The highest BCUT2D eigenvalue weighted by molar-refractivity contribution is 5.94. The van der Waals surface area contributed by atoms with Crippen LogP contribution in [0.15, 0.2) is 18.2 Å². The molecule has 0 aliphatic heterocycles. The summed E-state index contributed by atoms with van der Waals surface area (Å²) in [6, 6.07) is 5.79. The topological polar surface area (TPSA) is 49.3 Å². The number of carboxylic acids is 1. The predicted molar refractivity (Wildman–Crippen MR) is 75.3 cm³/mol. The highest BCUT2D eigenvalue weighted by Gasteiger charge is 2.16. The minimum absolute atomic E-state index is 0.279. The molecule has 3 nitrogen and oxygen atoms in total. The zero-order valence-corrected chi connectivity index (χ0v) is 11.7. The van der Waals surface area contributed by atoms with Crippen LogP contribution < -0.4 is 5.32 Å². The molecule has 1 aromatic carbocycles. The molecule has 2 N–H and O–H groups in total. The van der Waals surface area contributed by atoms with Gasteiger partial charge in [-0.25, -0.2) is 4.79 Å². The number of carbonyl (C=O) groups is 1. The maximum Gasteiger partial charge on any atom is 0.337 e. The van der Waals surface area contributed by atoms with Gasteiger partial charge < -0.3 is 10.4 Å². The van der Waals surface area contributed by atoms with E-state index in [-0.39, 0.29) is 6.04 Å². The van der Waals surface area contributed by atoms with Crippen LogP contribution in [-0.2, 0) is 0 Å². The van der Waals surface area contributed by atoms with Crippen LogP contribution in [0, 0.1) is 12.8 Å². The molecule has 0 spiro atoms. The molecule has 0 saturated carbocycles. The molecule has 0 heterocycles. The molecule has 0 amide bonds. The number of carboxylic acid groups (broad SMARTS) is 1. The minimum atomic E-state index is -0.877. The fourth-order valence-electron chi connectivity index (χ4n) is 2.32. The van der Waals surface area contributed by atoms with Gasteiger partial charge in [0.1, 0.15) is 0 Å². The molecule has 0 saturated heterocycles. The SMILES string of the molecule is CCC(CC)C(C)Nc1ccc(C)cc1C(=O)O. The van der Waals surface area contributed by atoms with E-state index >= 15 is 0 Å². The molecule has 3 heteroatoms. The van der Waals surface area contributed by atoms with Gasteiger partial charge in [-0.2, -0.15) is 0 Å². The Morgan fingerprint density at radius 3 is 2.44 bits per heavy atom. The van der Waals surface area contributed by atoms with E-state index in [2.05, 4.69) is 26.1 Å². The first-order valence-corrected chi connectivity index (χ1v) is 6.60. The summed E-state index contributed by atoms with van der Waals surface area (Å²) in [5.74, 6) is -0.314. The minimum Gasteiger partial charge on any atom is -0.478 e. The summed E-state index contributed by atoms with van der Waals surface area (Å²) in [5, 5.41) is 12.6. The van der Waals surface area contributed by atoms with Crippen LogP contribution >= 0.6 is 0 Å². The van der Waals surface area contributed by atoms with Crippen LogP contribution in [0.4, 0.5) is 5.69 Å². The lowest BCUT2D eigenvalue weighted by Crippen LogP contribution is -2.26.